The molecular formula is C12H19NO5. The summed E-state index contributed by atoms with van der Waals surface area (Å²) < 4.78 is 9.84. The van der Waals surface area contributed by atoms with Crippen LogP contribution in [0.25, 0.3) is 0 Å². The number of methoxy groups -OCH3 is 1. The summed E-state index contributed by atoms with van der Waals surface area (Å²) in [6.07, 6.45) is -0.722. The number of hydrogen-bond acceptors (Lipinski definition) is 5. The Kier molecular flexibility index (Phi) is 3.69. The summed E-state index contributed by atoms with van der Waals surface area (Å²) in [6.45, 7) is 6.54. The third kappa shape index (κ3) is 2.80. The van der Waals surface area contributed by atoms with Crippen LogP contribution in [-0.2, 0) is 19.1 Å². The lowest BCUT2D eigenvalue weighted by atomic mass is 9.99. The molecule has 0 N–H and O–H groups in total. The second-order valence-corrected chi connectivity index (χ2v) is 5.55. The summed E-state index contributed by atoms with van der Waals surface area (Å²) >= 11 is 0. The number of likely N-dealkylation sites (tertiary alicyclic amines) is 1. The lowest BCUT2D eigenvalue weighted by molar-refractivity contribution is -0.152. The van der Waals surface area contributed by atoms with Crippen molar-refractivity contribution in [3.05, 3.63) is 0 Å². The van der Waals surface area contributed by atoms with Gasteiger partial charge in [-0.15, -0.1) is 0 Å². The van der Waals surface area contributed by atoms with Crippen molar-refractivity contribution in [3.8, 4) is 0 Å². The highest BCUT2D eigenvalue weighted by atomic mass is 16.6. The molecule has 0 saturated carbocycles. The molecule has 1 rings (SSSR count). The number of rotatable bonds is 1. The fourth-order valence-electron chi connectivity index (χ4n) is 1.87. The van der Waals surface area contributed by atoms with Crippen LogP contribution in [0.3, 0.4) is 0 Å². The molecule has 0 unspecified atom stereocenters. The maximum atomic E-state index is 12.0. The zero-order valence-corrected chi connectivity index (χ0v) is 11.4. The molecular weight excluding hydrogens is 238 g/mol. The first-order valence-electron chi connectivity index (χ1n) is 5.71. The SMILES string of the molecule is COC(=O)[C@]1(C)CC(=O)CN1C(=O)OC(C)(C)C. The van der Waals surface area contributed by atoms with Crippen LogP contribution in [0.5, 0.6) is 0 Å². The molecule has 6 nitrogen and oxygen atoms in total. The first-order chi connectivity index (χ1) is 8.10. The van der Waals surface area contributed by atoms with Gasteiger partial charge in [-0.1, -0.05) is 0 Å². The molecule has 0 radical (unpaired) electrons. The number of nitrogens with zero attached hydrogens (tertiary/aromatic N) is 1. The zero-order chi connectivity index (χ0) is 14.1. The summed E-state index contributed by atoms with van der Waals surface area (Å²) in [7, 11) is 1.23. The lowest BCUT2D eigenvalue weighted by Gasteiger charge is -2.33. The Hall–Kier alpha value is -1.59. The van der Waals surface area contributed by atoms with E-state index in [2.05, 4.69) is 4.74 Å². The minimum Gasteiger partial charge on any atom is -0.467 e. The van der Waals surface area contributed by atoms with Crippen LogP contribution in [0, 0.1) is 0 Å². The molecule has 0 aromatic rings. The number of carbonyl (C=O) groups is 3. The molecule has 1 aliphatic rings. The molecule has 0 bridgehead atoms. The van der Waals surface area contributed by atoms with E-state index >= 15 is 0 Å². The van der Waals surface area contributed by atoms with Gasteiger partial charge in [0.2, 0.25) is 0 Å². The van der Waals surface area contributed by atoms with E-state index in [4.69, 9.17) is 4.74 Å². The Labute approximate surface area is 106 Å². The topological polar surface area (TPSA) is 72.9 Å². The number of Topliss-reactive ketones (excluding diaryl/α,β-unsaturated/α-hetero) is 1. The largest absolute Gasteiger partial charge is 0.467 e. The van der Waals surface area contributed by atoms with Gasteiger partial charge in [-0.05, 0) is 27.7 Å². The first-order valence-corrected chi connectivity index (χ1v) is 5.71. The van der Waals surface area contributed by atoms with Crippen molar-refractivity contribution < 1.29 is 23.9 Å². The van der Waals surface area contributed by atoms with Gasteiger partial charge in [0.05, 0.1) is 13.7 Å². The number of hydrogen-bond donors (Lipinski definition) is 0. The van der Waals surface area contributed by atoms with Crippen LogP contribution in [0.2, 0.25) is 0 Å². The lowest BCUT2D eigenvalue weighted by Crippen LogP contribution is -2.52. The Morgan fingerprint density at radius 1 is 1.33 bits per heavy atom. The van der Waals surface area contributed by atoms with Crippen LogP contribution < -0.4 is 0 Å². The number of ether oxygens (including phenoxy) is 2. The molecule has 18 heavy (non-hydrogen) atoms. The summed E-state index contributed by atoms with van der Waals surface area (Å²) in [4.78, 5) is 36.4. The van der Waals surface area contributed by atoms with Crippen molar-refractivity contribution in [2.75, 3.05) is 13.7 Å². The fraction of sp³-hybridized carbons (Fsp3) is 0.750. The van der Waals surface area contributed by atoms with Crippen molar-refractivity contribution >= 4 is 17.8 Å². The smallest absolute Gasteiger partial charge is 0.411 e. The van der Waals surface area contributed by atoms with Crippen LogP contribution in [0.4, 0.5) is 4.79 Å². The Morgan fingerprint density at radius 2 is 1.89 bits per heavy atom. The summed E-state index contributed by atoms with van der Waals surface area (Å²) in [5.41, 5.74) is -1.95. The fourth-order valence-corrected chi connectivity index (χ4v) is 1.87. The standard InChI is InChI=1S/C12H19NO5/c1-11(2,3)18-10(16)13-7-8(14)6-12(13,4)9(15)17-5/h6-7H2,1-5H3/t12-/m0/s1. The van der Waals surface area contributed by atoms with Gasteiger partial charge in [-0.25, -0.2) is 9.59 Å². The normalized spacial score (nSPS) is 24.1. The third-order valence-corrected chi connectivity index (χ3v) is 2.71. The van der Waals surface area contributed by atoms with Crippen LogP contribution in [0.15, 0.2) is 0 Å². The molecule has 1 heterocycles. The van der Waals surface area contributed by atoms with E-state index in [1.807, 2.05) is 0 Å². The number of esters is 1. The van der Waals surface area contributed by atoms with Gasteiger partial charge >= 0.3 is 12.1 Å². The van der Waals surface area contributed by atoms with E-state index < -0.39 is 23.2 Å². The Balaban J connectivity index is 2.95. The Morgan fingerprint density at radius 3 is 2.33 bits per heavy atom. The van der Waals surface area contributed by atoms with Gasteiger partial charge < -0.3 is 9.47 Å². The van der Waals surface area contributed by atoms with Crippen LogP contribution in [0.1, 0.15) is 34.1 Å². The summed E-state index contributed by atoms with van der Waals surface area (Å²) in [5, 5.41) is 0. The van der Waals surface area contributed by atoms with Crippen molar-refractivity contribution in [2.45, 2.75) is 45.3 Å². The van der Waals surface area contributed by atoms with E-state index in [1.165, 1.54) is 14.0 Å². The van der Waals surface area contributed by atoms with Gasteiger partial charge in [-0.2, -0.15) is 0 Å². The molecule has 1 amide bonds. The molecule has 1 aliphatic heterocycles. The van der Waals surface area contributed by atoms with Crippen molar-refractivity contribution in [1.29, 1.82) is 0 Å². The van der Waals surface area contributed by atoms with E-state index in [-0.39, 0.29) is 18.7 Å². The maximum Gasteiger partial charge on any atom is 0.411 e. The monoisotopic (exact) mass is 257 g/mol. The van der Waals surface area contributed by atoms with Gasteiger partial charge in [0.1, 0.15) is 11.1 Å². The molecule has 6 heteroatoms. The van der Waals surface area contributed by atoms with E-state index in [9.17, 15) is 14.4 Å². The predicted molar refractivity (Wildman–Crippen MR) is 63.0 cm³/mol. The van der Waals surface area contributed by atoms with Gasteiger partial charge in [0.15, 0.2) is 5.78 Å². The maximum absolute atomic E-state index is 12.0. The average Bonchev–Trinajstić information content (AvgIpc) is 2.51. The predicted octanol–water partition coefficient (Wildman–Crippen LogP) is 1.13. The van der Waals surface area contributed by atoms with Gasteiger partial charge in [0, 0.05) is 6.42 Å². The Bertz CT molecular complexity index is 384. The first kappa shape index (κ1) is 14.5. The highest BCUT2D eigenvalue weighted by Gasteiger charge is 2.51. The minimum atomic E-state index is -1.27. The number of ketones is 1. The van der Waals surface area contributed by atoms with Crippen LogP contribution >= 0.6 is 0 Å². The van der Waals surface area contributed by atoms with E-state index in [0.29, 0.717) is 0 Å². The molecule has 1 fully saturated rings. The minimum absolute atomic E-state index is 0.0427. The van der Waals surface area contributed by atoms with Crippen molar-refractivity contribution in [1.82, 2.24) is 4.90 Å². The molecule has 102 valence electrons. The van der Waals surface area contributed by atoms with Gasteiger partial charge in [-0.3, -0.25) is 9.69 Å². The molecule has 0 spiro atoms. The third-order valence-electron chi connectivity index (χ3n) is 2.71. The quantitative estimate of drug-likeness (QED) is 0.658. The van der Waals surface area contributed by atoms with E-state index in [1.54, 1.807) is 20.8 Å². The molecule has 1 saturated heterocycles. The summed E-state index contributed by atoms with van der Waals surface area (Å²) in [5.74, 6) is -0.798. The molecule has 1 atom stereocenters. The van der Waals surface area contributed by atoms with Crippen LogP contribution in [-0.4, -0.2) is 47.5 Å². The summed E-state index contributed by atoms with van der Waals surface area (Å²) in [6, 6.07) is 0. The highest BCUT2D eigenvalue weighted by Crippen LogP contribution is 2.29. The molecule has 0 aromatic carbocycles. The second kappa shape index (κ2) is 4.59. The van der Waals surface area contributed by atoms with Crippen molar-refractivity contribution in [3.63, 3.8) is 0 Å². The van der Waals surface area contributed by atoms with Gasteiger partial charge in [0.25, 0.3) is 0 Å². The van der Waals surface area contributed by atoms with Crippen molar-refractivity contribution in [2.24, 2.45) is 0 Å². The van der Waals surface area contributed by atoms with E-state index in [0.717, 1.165) is 4.90 Å². The molecule has 0 aliphatic carbocycles. The average molecular weight is 257 g/mol. The highest BCUT2D eigenvalue weighted by molar-refractivity contribution is 5.98. The number of carbonyl (C=O) groups excluding carboxylic acids is 3. The number of amides is 1. The molecule has 0 aromatic heterocycles. The zero-order valence-electron chi connectivity index (χ0n) is 11.4. The second-order valence-electron chi connectivity index (χ2n) is 5.55.